The first-order valence-electron chi connectivity index (χ1n) is 4.77. The third-order valence-corrected chi connectivity index (χ3v) is 2.18. The van der Waals surface area contributed by atoms with Crippen LogP contribution < -0.4 is 0 Å². The molecule has 0 aromatic carbocycles. The Bertz CT molecular complexity index is 426. The van der Waals surface area contributed by atoms with Crippen LogP contribution in [0, 0.1) is 0 Å². The minimum Gasteiger partial charge on any atom is -0.382 e. The van der Waals surface area contributed by atoms with E-state index in [1.54, 1.807) is 23.1 Å². The van der Waals surface area contributed by atoms with E-state index in [9.17, 15) is 5.11 Å². The molecule has 0 saturated heterocycles. The van der Waals surface area contributed by atoms with E-state index in [-0.39, 0.29) is 0 Å². The van der Waals surface area contributed by atoms with E-state index in [0.717, 1.165) is 12.1 Å². The summed E-state index contributed by atoms with van der Waals surface area (Å²) in [6, 6.07) is 1.69. The molecular weight excluding hydrogens is 192 g/mol. The summed E-state index contributed by atoms with van der Waals surface area (Å²) in [5.41, 5.74) is 1.33. The second kappa shape index (κ2) is 4.18. The molecule has 1 atom stereocenters. The minimum atomic E-state index is -0.728. The Labute approximate surface area is 87.4 Å². The van der Waals surface area contributed by atoms with Crippen LogP contribution in [-0.4, -0.2) is 24.9 Å². The highest BCUT2D eigenvalue weighted by Crippen LogP contribution is 2.18. The number of hydrogen-bond donors (Lipinski definition) is 1. The van der Waals surface area contributed by atoms with Gasteiger partial charge in [0.15, 0.2) is 0 Å². The fourth-order valence-corrected chi connectivity index (χ4v) is 1.33. The molecule has 0 saturated carbocycles. The van der Waals surface area contributed by atoms with Gasteiger partial charge in [0, 0.05) is 24.5 Å². The van der Waals surface area contributed by atoms with Crippen molar-refractivity contribution in [1.82, 2.24) is 19.7 Å². The molecular formula is C10H12N4O. The molecule has 0 aliphatic carbocycles. The van der Waals surface area contributed by atoms with E-state index in [0.29, 0.717) is 5.69 Å². The second-order valence-corrected chi connectivity index (χ2v) is 3.17. The highest BCUT2D eigenvalue weighted by molar-refractivity contribution is 5.19. The van der Waals surface area contributed by atoms with Crippen molar-refractivity contribution >= 4 is 0 Å². The fourth-order valence-electron chi connectivity index (χ4n) is 1.33. The van der Waals surface area contributed by atoms with Crippen LogP contribution in [0.4, 0.5) is 0 Å². The molecule has 0 aliphatic heterocycles. The van der Waals surface area contributed by atoms with Crippen LogP contribution >= 0.6 is 0 Å². The largest absolute Gasteiger partial charge is 0.382 e. The number of nitrogens with zero attached hydrogens (tertiary/aromatic N) is 4. The maximum Gasteiger partial charge on any atom is 0.124 e. The van der Waals surface area contributed by atoms with Gasteiger partial charge in [-0.25, -0.2) is 9.97 Å². The van der Waals surface area contributed by atoms with E-state index in [1.807, 2.05) is 13.1 Å². The summed E-state index contributed by atoms with van der Waals surface area (Å²) in [7, 11) is 0. The fraction of sp³-hybridized carbons (Fsp3) is 0.300. The van der Waals surface area contributed by atoms with E-state index in [1.165, 1.54) is 6.33 Å². The molecule has 2 rings (SSSR count). The van der Waals surface area contributed by atoms with Gasteiger partial charge in [0.1, 0.15) is 12.4 Å². The quantitative estimate of drug-likeness (QED) is 0.802. The van der Waals surface area contributed by atoms with E-state index >= 15 is 0 Å². The van der Waals surface area contributed by atoms with Crippen molar-refractivity contribution in [3.05, 3.63) is 42.2 Å². The Morgan fingerprint density at radius 3 is 3.00 bits per heavy atom. The lowest BCUT2D eigenvalue weighted by Gasteiger charge is -2.05. The normalized spacial score (nSPS) is 12.7. The highest BCUT2D eigenvalue weighted by atomic mass is 16.3. The molecule has 78 valence electrons. The predicted molar refractivity (Wildman–Crippen MR) is 54.0 cm³/mol. The summed E-state index contributed by atoms with van der Waals surface area (Å²) >= 11 is 0. The predicted octanol–water partition coefficient (Wildman–Crippen LogP) is 0.775. The molecule has 0 radical (unpaired) electrons. The minimum absolute atomic E-state index is 0.584. The molecule has 15 heavy (non-hydrogen) atoms. The average molecular weight is 204 g/mol. The van der Waals surface area contributed by atoms with Crippen molar-refractivity contribution in [2.75, 3.05) is 0 Å². The van der Waals surface area contributed by atoms with Crippen LogP contribution in [0.2, 0.25) is 0 Å². The molecule has 0 spiro atoms. The Balaban J connectivity index is 2.24. The summed E-state index contributed by atoms with van der Waals surface area (Å²) < 4.78 is 1.76. The molecule has 0 bridgehead atoms. The summed E-state index contributed by atoms with van der Waals surface area (Å²) in [6.45, 7) is 2.78. The van der Waals surface area contributed by atoms with E-state index in [2.05, 4.69) is 15.1 Å². The molecule has 5 heteroatoms. The van der Waals surface area contributed by atoms with Gasteiger partial charge in [-0.05, 0) is 13.0 Å². The summed E-state index contributed by atoms with van der Waals surface area (Å²) in [6.07, 6.45) is 5.76. The number of aromatic nitrogens is 4. The number of aryl methyl sites for hydroxylation is 1. The zero-order chi connectivity index (χ0) is 10.7. The van der Waals surface area contributed by atoms with E-state index in [4.69, 9.17) is 0 Å². The van der Waals surface area contributed by atoms with Crippen molar-refractivity contribution < 1.29 is 5.11 Å². The molecule has 2 aromatic heterocycles. The van der Waals surface area contributed by atoms with Crippen molar-refractivity contribution in [3.63, 3.8) is 0 Å². The van der Waals surface area contributed by atoms with Gasteiger partial charge < -0.3 is 5.11 Å². The molecule has 2 heterocycles. The number of rotatable bonds is 3. The molecule has 0 fully saturated rings. The van der Waals surface area contributed by atoms with Crippen LogP contribution in [0.15, 0.2) is 31.0 Å². The Kier molecular flexibility index (Phi) is 2.73. The van der Waals surface area contributed by atoms with Crippen LogP contribution in [0.5, 0.6) is 0 Å². The third kappa shape index (κ3) is 2.02. The molecule has 1 unspecified atom stereocenters. The van der Waals surface area contributed by atoms with Crippen LogP contribution in [0.25, 0.3) is 0 Å². The molecule has 1 N–H and O–H groups in total. The lowest BCUT2D eigenvalue weighted by Crippen LogP contribution is -2.01. The van der Waals surface area contributed by atoms with Crippen molar-refractivity contribution in [3.8, 4) is 0 Å². The van der Waals surface area contributed by atoms with Gasteiger partial charge in [-0.1, -0.05) is 0 Å². The smallest absolute Gasteiger partial charge is 0.124 e. The zero-order valence-corrected chi connectivity index (χ0v) is 8.41. The van der Waals surface area contributed by atoms with Crippen LogP contribution in [-0.2, 0) is 6.54 Å². The van der Waals surface area contributed by atoms with Gasteiger partial charge in [-0.3, -0.25) is 4.68 Å². The summed E-state index contributed by atoms with van der Waals surface area (Å²) in [4.78, 5) is 7.79. The topological polar surface area (TPSA) is 63.8 Å². The van der Waals surface area contributed by atoms with Crippen molar-refractivity contribution in [2.24, 2.45) is 0 Å². The van der Waals surface area contributed by atoms with Gasteiger partial charge in [0.05, 0.1) is 11.9 Å². The Morgan fingerprint density at radius 1 is 1.53 bits per heavy atom. The molecule has 0 aliphatic rings. The number of aliphatic hydroxyl groups is 1. The van der Waals surface area contributed by atoms with Gasteiger partial charge in [0.25, 0.3) is 0 Å². The average Bonchev–Trinajstić information content (AvgIpc) is 2.78. The first-order valence-corrected chi connectivity index (χ1v) is 4.77. The third-order valence-electron chi connectivity index (χ3n) is 2.18. The Morgan fingerprint density at radius 2 is 2.40 bits per heavy atom. The van der Waals surface area contributed by atoms with Gasteiger partial charge in [-0.2, -0.15) is 5.10 Å². The first kappa shape index (κ1) is 9.79. The number of hydrogen-bond acceptors (Lipinski definition) is 4. The van der Waals surface area contributed by atoms with Crippen molar-refractivity contribution in [2.45, 2.75) is 19.6 Å². The zero-order valence-electron chi connectivity index (χ0n) is 8.41. The lowest BCUT2D eigenvalue weighted by atomic mass is 10.1. The summed E-state index contributed by atoms with van der Waals surface area (Å²) in [5, 5.41) is 14.1. The molecule has 5 nitrogen and oxygen atoms in total. The Hall–Kier alpha value is -1.75. The first-order chi connectivity index (χ1) is 7.31. The summed E-state index contributed by atoms with van der Waals surface area (Å²) in [5.74, 6) is 0. The monoisotopic (exact) mass is 204 g/mol. The lowest BCUT2D eigenvalue weighted by molar-refractivity contribution is 0.215. The maximum atomic E-state index is 9.96. The molecule has 2 aromatic rings. The van der Waals surface area contributed by atoms with Gasteiger partial charge in [0.2, 0.25) is 0 Å². The second-order valence-electron chi connectivity index (χ2n) is 3.17. The molecule has 0 amide bonds. The van der Waals surface area contributed by atoms with E-state index < -0.39 is 6.10 Å². The maximum absolute atomic E-state index is 9.96. The van der Waals surface area contributed by atoms with Gasteiger partial charge in [-0.15, -0.1) is 0 Å². The van der Waals surface area contributed by atoms with Gasteiger partial charge >= 0.3 is 0 Å². The standard InChI is InChI=1S/C10H12N4O/c1-2-14-6-8(5-13-14)10(15)9-3-4-11-7-12-9/h3-7,10,15H,2H2,1H3. The van der Waals surface area contributed by atoms with Crippen molar-refractivity contribution in [1.29, 1.82) is 0 Å². The number of aliphatic hydroxyl groups excluding tert-OH is 1. The highest BCUT2D eigenvalue weighted by Gasteiger charge is 2.13. The van der Waals surface area contributed by atoms with Crippen LogP contribution in [0.3, 0.4) is 0 Å². The SMILES string of the molecule is CCn1cc(C(O)c2ccncn2)cn1. The van der Waals surface area contributed by atoms with Crippen LogP contribution in [0.1, 0.15) is 24.3 Å².